The van der Waals surface area contributed by atoms with Gasteiger partial charge in [-0.15, -0.1) is 10.2 Å². The van der Waals surface area contributed by atoms with Crippen molar-refractivity contribution in [3.63, 3.8) is 0 Å². The summed E-state index contributed by atoms with van der Waals surface area (Å²) in [7, 11) is 0. The Kier molecular flexibility index (Phi) is 3.25. The molecule has 19 heavy (non-hydrogen) atoms. The van der Waals surface area contributed by atoms with Crippen LogP contribution in [-0.4, -0.2) is 32.9 Å². The molecule has 0 aliphatic carbocycles. The zero-order chi connectivity index (χ0) is 13.2. The van der Waals surface area contributed by atoms with Gasteiger partial charge in [-0.1, -0.05) is 23.9 Å². The first-order chi connectivity index (χ1) is 9.28. The third-order valence-electron chi connectivity index (χ3n) is 2.70. The minimum absolute atomic E-state index is 0.647. The molecule has 0 fully saturated rings. The summed E-state index contributed by atoms with van der Waals surface area (Å²) in [6.45, 7) is 4.63. The van der Waals surface area contributed by atoms with Crippen LogP contribution in [0.3, 0.4) is 0 Å². The van der Waals surface area contributed by atoms with E-state index < -0.39 is 0 Å². The second kappa shape index (κ2) is 5.05. The number of ether oxygens (including phenoxy) is 1. The maximum Gasteiger partial charge on any atom is 0.212 e. The smallest absolute Gasteiger partial charge is 0.212 e. The molecule has 0 saturated carbocycles. The Labute approximate surface area is 115 Å². The molecule has 0 bridgehead atoms. The van der Waals surface area contributed by atoms with Gasteiger partial charge in [0.15, 0.2) is 5.82 Å². The topological polar surface area (TPSA) is 52.3 Å². The van der Waals surface area contributed by atoms with Crippen LogP contribution in [0.5, 0.6) is 5.75 Å². The molecule has 98 valence electrons. The lowest BCUT2D eigenvalue weighted by Gasteiger charge is -2.11. The van der Waals surface area contributed by atoms with Gasteiger partial charge in [-0.3, -0.25) is 0 Å². The molecule has 2 aromatic rings. The summed E-state index contributed by atoms with van der Waals surface area (Å²) >= 11 is 1.65. The van der Waals surface area contributed by atoms with Gasteiger partial charge in [0.25, 0.3) is 0 Å². The molecule has 0 unspecified atom stereocenters. The summed E-state index contributed by atoms with van der Waals surface area (Å²) in [6, 6.07) is 7.84. The van der Waals surface area contributed by atoms with Crippen molar-refractivity contribution in [3.05, 3.63) is 24.3 Å². The zero-order valence-electron chi connectivity index (χ0n) is 10.8. The monoisotopic (exact) mass is 274 g/mol. The molecule has 1 aromatic carbocycles. The second-order valence-electron chi connectivity index (χ2n) is 4.20. The summed E-state index contributed by atoms with van der Waals surface area (Å²) in [5.74, 6) is 2.46. The number of aromatic nitrogens is 3. The number of rotatable bonds is 3. The average Bonchev–Trinajstić information content (AvgIpc) is 2.82. The maximum absolute atomic E-state index is 5.51. The number of thioether (sulfide) groups is 1. The van der Waals surface area contributed by atoms with Gasteiger partial charge in [0.1, 0.15) is 5.75 Å². The molecule has 6 heteroatoms. The molecule has 1 aliphatic heterocycles. The molecular formula is C13H14N4OS. The third-order valence-corrected chi connectivity index (χ3v) is 3.77. The van der Waals surface area contributed by atoms with Gasteiger partial charge in [0, 0.05) is 17.0 Å². The van der Waals surface area contributed by atoms with Gasteiger partial charge in [0.05, 0.1) is 6.61 Å². The van der Waals surface area contributed by atoms with Gasteiger partial charge in [-0.25, -0.2) is 0 Å². The van der Waals surface area contributed by atoms with Gasteiger partial charge in [-0.05, 0) is 26.0 Å². The Bertz CT molecular complexity index is 635. The molecular weight excluding hydrogens is 260 g/mol. The molecule has 0 spiro atoms. The highest BCUT2D eigenvalue weighted by Crippen LogP contribution is 2.28. The van der Waals surface area contributed by atoms with E-state index in [9.17, 15) is 0 Å². The second-order valence-corrected chi connectivity index (χ2v) is 5.15. The van der Waals surface area contributed by atoms with E-state index in [4.69, 9.17) is 4.74 Å². The molecule has 0 saturated heterocycles. The molecule has 0 N–H and O–H groups in total. The lowest BCUT2D eigenvalue weighted by atomic mass is 10.2. The van der Waals surface area contributed by atoms with Crippen molar-refractivity contribution in [2.45, 2.75) is 19.0 Å². The summed E-state index contributed by atoms with van der Waals surface area (Å²) in [5, 5.41) is 13.7. The largest absolute Gasteiger partial charge is 0.494 e. The number of hydrogen-bond acceptors (Lipinski definition) is 5. The van der Waals surface area contributed by atoms with Crippen LogP contribution >= 0.6 is 11.8 Å². The fraction of sp³-hybridized carbons (Fsp3) is 0.308. The number of nitrogens with zero attached hydrogens (tertiary/aromatic N) is 4. The first-order valence-electron chi connectivity index (χ1n) is 6.14. The van der Waals surface area contributed by atoms with Crippen LogP contribution in [0.4, 0.5) is 0 Å². The van der Waals surface area contributed by atoms with Crippen molar-refractivity contribution < 1.29 is 4.74 Å². The average molecular weight is 274 g/mol. The molecule has 5 nitrogen and oxygen atoms in total. The Morgan fingerprint density at radius 1 is 1.37 bits per heavy atom. The molecule has 0 radical (unpaired) electrons. The zero-order valence-corrected chi connectivity index (χ0v) is 11.6. The molecule has 3 rings (SSSR count). The van der Waals surface area contributed by atoms with Crippen LogP contribution in [0.2, 0.25) is 0 Å². The van der Waals surface area contributed by atoms with Crippen molar-refractivity contribution in [3.8, 4) is 17.1 Å². The Hall–Kier alpha value is -1.82. The van der Waals surface area contributed by atoms with Gasteiger partial charge < -0.3 is 4.74 Å². The van der Waals surface area contributed by atoms with E-state index >= 15 is 0 Å². The van der Waals surface area contributed by atoms with Crippen LogP contribution in [0, 0.1) is 0 Å². The fourth-order valence-electron chi connectivity index (χ4n) is 1.89. The highest BCUT2D eigenvalue weighted by atomic mass is 32.2. The van der Waals surface area contributed by atoms with Crippen molar-refractivity contribution in [1.29, 1.82) is 0 Å². The van der Waals surface area contributed by atoms with Crippen molar-refractivity contribution in [2.75, 3.05) is 12.4 Å². The van der Waals surface area contributed by atoms with E-state index in [-0.39, 0.29) is 0 Å². The summed E-state index contributed by atoms with van der Waals surface area (Å²) in [6.07, 6.45) is 0. The Morgan fingerprint density at radius 3 is 3.11 bits per heavy atom. The first-order valence-corrected chi connectivity index (χ1v) is 7.12. The predicted molar refractivity (Wildman–Crippen MR) is 75.9 cm³/mol. The lowest BCUT2D eigenvalue weighted by molar-refractivity contribution is 0.340. The fourth-order valence-corrected chi connectivity index (χ4v) is 2.63. The quantitative estimate of drug-likeness (QED) is 0.863. The SMILES string of the molecule is CCOc1cccc(-c2nnc3n2N=C(C)CS3)c1. The van der Waals surface area contributed by atoms with Crippen LogP contribution in [-0.2, 0) is 0 Å². The maximum atomic E-state index is 5.51. The number of fused-ring (bicyclic) bond motifs is 1. The molecule has 0 atom stereocenters. The van der Waals surface area contributed by atoms with Gasteiger partial charge in [-0.2, -0.15) is 9.78 Å². The van der Waals surface area contributed by atoms with E-state index in [1.54, 1.807) is 16.4 Å². The van der Waals surface area contributed by atoms with Crippen LogP contribution in [0.1, 0.15) is 13.8 Å². The van der Waals surface area contributed by atoms with Gasteiger partial charge in [0.2, 0.25) is 5.16 Å². The third kappa shape index (κ3) is 2.35. The van der Waals surface area contributed by atoms with Crippen LogP contribution in [0.25, 0.3) is 11.4 Å². The summed E-state index contributed by atoms with van der Waals surface area (Å²) < 4.78 is 7.31. The van der Waals surface area contributed by atoms with E-state index in [0.717, 1.165) is 33.8 Å². The van der Waals surface area contributed by atoms with Gasteiger partial charge >= 0.3 is 0 Å². The molecule has 1 aromatic heterocycles. The first kappa shape index (κ1) is 12.2. The molecule has 2 heterocycles. The number of hydrogen-bond donors (Lipinski definition) is 0. The lowest BCUT2D eigenvalue weighted by Crippen LogP contribution is -2.08. The van der Waals surface area contributed by atoms with E-state index in [2.05, 4.69) is 15.3 Å². The Morgan fingerprint density at radius 2 is 2.26 bits per heavy atom. The van der Waals surface area contributed by atoms with E-state index in [1.807, 2.05) is 38.1 Å². The molecule has 0 amide bonds. The molecule has 1 aliphatic rings. The van der Waals surface area contributed by atoms with Crippen molar-refractivity contribution in [2.24, 2.45) is 5.10 Å². The van der Waals surface area contributed by atoms with Crippen molar-refractivity contribution >= 4 is 17.5 Å². The number of benzene rings is 1. The predicted octanol–water partition coefficient (Wildman–Crippen LogP) is 2.67. The van der Waals surface area contributed by atoms with Crippen LogP contribution in [0.15, 0.2) is 34.5 Å². The van der Waals surface area contributed by atoms with E-state index in [1.165, 1.54) is 0 Å². The highest BCUT2D eigenvalue weighted by molar-refractivity contribution is 7.99. The minimum atomic E-state index is 0.647. The minimum Gasteiger partial charge on any atom is -0.494 e. The van der Waals surface area contributed by atoms with Crippen molar-refractivity contribution in [1.82, 2.24) is 14.9 Å². The summed E-state index contributed by atoms with van der Waals surface area (Å²) in [5.41, 5.74) is 2.03. The highest BCUT2D eigenvalue weighted by Gasteiger charge is 2.18. The normalized spacial score (nSPS) is 13.9. The standard InChI is InChI=1S/C13H14N4OS/c1-3-18-11-6-4-5-10(7-11)12-14-15-13-17(12)16-9(2)8-19-13/h4-7H,3,8H2,1-2H3. The van der Waals surface area contributed by atoms with Crippen LogP contribution < -0.4 is 4.74 Å². The Balaban J connectivity index is 2.04. The summed E-state index contributed by atoms with van der Waals surface area (Å²) in [4.78, 5) is 0. The van der Waals surface area contributed by atoms with E-state index in [0.29, 0.717) is 6.61 Å².